The van der Waals surface area contributed by atoms with Gasteiger partial charge in [-0.3, -0.25) is 4.79 Å². The molecule has 3 N–H and O–H groups in total. The Balaban J connectivity index is 2.37. The molecule has 0 aliphatic carbocycles. The summed E-state index contributed by atoms with van der Waals surface area (Å²) in [7, 11) is 0. The van der Waals surface area contributed by atoms with E-state index in [0.717, 1.165) is 6.07 Å². The van der Waals surface area contributed by atoms with Gasteiger partial charge in [0.1, 0.15) is 11.4 Å². The Labute approximate surface area is 128 Å². The Hall–Kier alpha value is -2.32. The van der Waals surface area contributed by atoms with E-state index in [-0.39, 0.29) is 12.1 Å². The predicted octanol–water partition coefficient (Wildman–Crippen LogP) is 2.39. The number of hydrogen-bond donors (Lipinski definition) is 3. The molecule has 1 aliphatic heterocycles. The van der Waals surface area contributed by atoms with E-state index in [9.17, 15) is 27.2 Å². The second kappa shape index (κ2) is 6.05. The molecular weight excluding hydrogens is 320 g/mol. The van der Waals surface area contributed by atoms with Gasteiger partial charge in [0.05, 0.1) is 6.42 Å². The maximum absolute atomic E-state index is 13.9. The van der Waals surface area contributed by atoms with Crippen molar-refractivity contribution in [2.45, 2.75) is 30.5 Å². The minimum absolute atomic E-state index is 0.0688. The van der Waals surface area contributed by atoms with Crippen molar-refractivity contribution in [1.82, 2.24) is 10.6 Å². The number of alkyl halides is 3. The van der Waals surface area contributed by atoms with Crippen LogP contribution in [0.25, 0.3) is 0 Å². The van der Waals surface area contributed by atoms with Crippen molar-refractivity contribution in [3.63, 3.8) is 0 Å². The van der Waals surface area contributed by atoms with Crippen LogP contribution in [-0.4, -0.2) is 35.4 Å². The van der Waals surface area contributed by atoms with Crippen molar-refractivity contribution < 1.29 is 32.3 Å². The van der Waals surface area contributed by atoms with E-state index in [1.807, 2.05) is 0 Å². The summed E-state index contributed by atoms with van der Waals surface area (Å²) in [5.41, 5.74) is -2.25. The first-order chi connectivity index (χ1) is 10.6. The Morgan fingerprint density at radius 3 is 2.61 bits per heavy atom. The summed E-state index contributed by atoms with van der Waals surface area (Å²) in [6.45, 7) is -0.0688. The van der Waals surface area contributed by atoms with Gasteiger partial charge in [-0.05, 0) is 18.1 Å². The van der Waals surface area contributed by atoms with Crippen LogP contribution in [0.4, 0.5) is 22.4 Å². The normalized spacial score (nSPS) is 24.9. The average Bonchev–Trinajstić information content (AvgIpc) is 2.40. The van der Waals surface area contributed by atoms with Crippen molar-refractivity contribution in [3.8, 4) is 0 Å². The summed E-state index contributed by atoms with van der Waals surface area (Å²) in [4.78, 5) is 22.8. The van der Waals surface area contributed by atoms with Crippen molar-refractivity contribution >= 4 is 12.0 Å². The fraction of sp³-hybridized carbons (Fsp3) is 0.429. The van der Waals surface area contributed by atoms with Gasteiger partial charge < -0.3 is 15.7 Å². The van der Waals surface area contributed by atoms with E-state index in [0.29, 0.717) is 0 Å². The number of carbonyl (C=O) groups is 2. The second-order valence-electron chi connectivity index (χ2n) is 5.44. The highest BCUT2D eigenvalue weighted by atomic mass is 19.4. The summed E-state index contributed by atoms with van der Waals surface area (Å²) < 4.78 is 52.3. The van der Waals surface area contributed by atoms with Crippen LogP contribution in [0.3, 0.4) is 0 Å². The van der Waals surface area contributed by atoms with Gasteiger partial charge in [-0.1, -0.05) is 18.2 Å². The molecule has 1 fully saturated rings. The first-order valence-electron chi connectivity index (χ1n) is 6.73. The molecule has 0 aromatic heterocycles. The minimum Gasteiger partial charge on any atom is -0.465 e. The summed E-state index contributed by atoms with van der Waals surface area (Å²) in [6.07, 6.45) is -8.66. The zero-order valence-corrected chi connectivity index (χ0v) is 11.8. The molecule has 1 heterocycles. The van der Waals surface area contributed by atoms with Gasteiger partial charge in [0, 0.05) is 12.5 Å². The fourth-order valence-electron chi connectivity index (χ4n) is 2.85. The topological polar surface area (TPSA) is 78.4 Å². The Morgan fingerprint density at radius 1 is 1.39 bits per heavy atom. The molecule has 2 rings (SSSR count). The van der Waals surface area contributed by atoms with Crippen molar-refractivity contribution in [2.24, 2.45) is 0 Å². The molecule has 1 aromatic carbocycles. The zero-order valence-electron chi connectivity index (χ0n) is 11.8. The van der Waals surface area contributed by atoms with Crippen LogP contribution in [0.2, 0.25) is 0 Å². The molecule has 2 atom stereocenters. The van der Waals surface area contributed by atoms with Crippen LogP contribution in [0.5, 0.6) is 0 Å². The van der Waals surface area contributed by atoms with Crippen LogP contribution in [0, 0.1) is 5.82 Å². The van der Waals surface area contributed by atoms with Gasteiger partial charge >= 0.3 is 12.3 Å². The number of piperidine rings is 1. The second-order valence-corrected chi connectivity index (χ2v) is 5.44. The monoisotopic (exact) mass is 334 g/mol. The van der Waals surface area contributed by atoms with Crippen LogP contribution in [-0.2, 0) is 4.79 Å². The Bertz CT molecular complexity index is 620. The molecule has 1 aliphatic rings. The number of carbonyl (C=O) groups excluding carboxylic acids is 1. The lowest BCUT2D eigenvalue weighted by atomic mass is 9.77. The van der Waals surface area contributed by atoms with E-state index in [1.165, 1.54) is 18.2 Å². The molecule has 0 unspecified atom stereocenters. The van der Waals surface area contributed by atoms with Crippen LogP contribution in [0.1, 0.15) is 24.3 Å². The highest BCUT2D eigenvalue weighted by Gasteiger charge is 2.52. The number of carboxylic acid groups (broad SMARTS) is 1. The van der Waals surface area contributed by atoms with Crippen molar-refractivity contribution in [3.05, 3.63) is 35.6 Å². The summed E-state index contributed by atoms with van der Waals surface area (Å²) in [6, 6.07) is 5.50. The van der Waals surface area contributed by atoms with Gasteiger partial charge in [0.25, 0.3) is 0 Å². The summed E-state index contributed by atoms with van der Waals surface area (Å²) in [5, 5.41) is 12.8. The zero-order chi connectivity index (χ0) is 17.3. The molecule has 0 saturated carbocycles. The number of rotatable bonds is 3. The first kappa shape index (κ1) is 17.0. The van der Waals surface area contributed by atoms with Gasteiger partial charge in [0.2, 0.25) is 5.91 Å². The predicted molar refractivity (Wildman–Crippen MR) is 71.3 cm³/mol. The van der Waals surface area contributed by atoms with Crippen LogP contribution in [0.15, 0.2) is 24.3 Å². The van der Waals surface area contributed by atoms with E-state index < -0.39 is 48.3 Å². The van der Waals surface area contributed by atoms with Gasteiger partial charge in [-0.2, -0.15) is 13.2 Å². The SMILES string of the molecule is O=C(O)N[C@]1(CC(F)(F)F)C[C@@H](c2ccccc2F)CNC1=O. The molecule has 0 bridgehead atoms. The van der Waals surface area contributed by atoms with Gasteiger partial charge in [-0.25, -0.2) is 9.18 Å². The smallest absolute Gasteiger partial charge is 0.405 e. The number of hydrogen-bond acceptors (Lipinski definition) is 2. The maximum Gasteiger partial charge on any atom is 0.405 e. The fourth-order valence-corrected chi connectivity index (χ4v) is 2.85. The van der Waals surface area contributed by atoms with E-state index in [2.05, 4.69) is 5.32 Å². The highest BCUT2D eigenvalue weighted by molar-refractivity contribution is 5.90. The van der Waals surface area contributed by atoms with Crippen LogP contribution < -0.4 is 10.6 Å². The molecular formula is C14H14F4N2O3. The number of nitrogens with one attached hydrogen (secondary N) is 2. The molecule has 126 valence electrons. The molecule has 0 radical (unpaired) electrons. The third-order valence-electron chi connectivity index (χ3n) is 3.73. The summed E-state index contributed by atoms with van der Waals surface area (Å²) >= 11 is 0. The standard InChI is InChI=1S/C14H14F4N2O3/c15-10-4-2-1-3-9(10)8-5-13(20-12(22)23,7-14(16,17)18)11(21)19-6-8/h1-4,8,20H,5-7H2,(H,19,21)(H,22,23)/t8-,13+/m1/s1. The summed E-state index contributed by atoms with van der Waals surface area (Å²) in [5.74, 6) is -2.46. The van der Waals surface area contributed by atoms with E-state index >= 15 is 0 Å². The third-order valence-corrected chi connectivity index (χ3v) is 3.73. The van der Waals surface area contributed by atoms with Crippen LogP contribution >= 0.6 is 0 Å². The lowest BCUT2D eigenvalue weighted by Gasteiger charge is -2.40. The Morgan fingerprint density at radius 2 is 2.04 bits per heavy atom. The highest BCUT2D eigenvalue weighted by Crippen LogP contribution is 2.38. The average molecular weight is 334 g/mol. The lowest BCUT2D eigenvalue weighted by Crippen LogP contribution is -2.64. The van der Waals surface area contributed by atoms with E-state index in [1.54, 1.807) is 5.32 Å². The third kappa shape index (κ3) is 3.91. The lowest BCUT2D eigenvalue weighted by molar-refractivity contribution is -0.162. The quantitative estimate of drug-likeness (QED) is 0.743. The molecule has 0 spiro atoms. The molecule has 5 nitrogen and oxygen atoms in total. The molecule has 2 amide bonds. The van der Waals surface area contributed by atoms with Gasteiger partial charge in [0.15, 0.2) is 0 Å². The maximum atomic E-state index is 13.9. The first-order valence-corrected chi connectivity index (χ1v) is 6.73. The molecule has 9 heteroatoms. The van der Waals surface area contributed by atoms with E-state index in [4.69, 9.17) is 5.11 Å². The van der Waals surface area contributed by atoms with Crippen molar-refractivity contribution in [1.29, 1.82) is 0 Å². The van der Waals surface area contributed by atoms with Gasteiger partial charge in [-0.15, -0.1) is 0 Å². The number of benzene rings is 1. The number of halogens is 4. The molecule has 1 saturated heterocycles. The molecule has 23 heavy (non-hydrogen) atoms. The number of amides is 2. The minimum atomic E-state index is -4.77. The largest absolute Gasteiger partial charge is 0.465 e. The van der Waals surface area contributed by atoms with Crippen molar-refractivity contribution in [2.75, 3.05) is 6.54 Å². The molecule has 1 aromatic rings. The Kier molecular flexibility index (Phi) is 4.49.